The smallest absolute Gasteiger partial charge is 0.246 e. The van der Waals surface area contributed by atoms with E-state index in [-0.39, 0.29) is 36.1 Å². The second-order valence-electron chi connectivity index (χ2n) is 8.73. The van der Waals surface area contributed by atoms with Gasteiger partial charge in [0.15, 0.2) is 0 Å². The van der Waals surface area contributed by atoms with Gasteiger partial charge in [0.2, 0.25) is 23.6 Å². The summed E-state index contributed by atoms with van der Waals surface area (Å²) in [5.41, 5.74) is 0.939. The van der Waals surface area contributed by atoms with Crippen molar-refractivity contribution in [3.63, 3.8) is 0 Å². The second kappa shape index (κ2) is 9.18. The number of benzene rings is 1. The lowest BCUT2D eigenvalue weighted by atomic mass is 9.93. The minimum absolute atomic E-state index is 0.0217. The number of ether oxygens (including phenoxy) is 1. The zero-order chi connectivity index (χ0) is 22.8. The molecular formula is C23H30N4O5. The number of carbonyl (C=O) groups excluding carboxylic acids is 4. The summed E-state index contributed by atoms with van der Waals surface area (Å²) in [5.74, 6) is 0.335. The summed E-state index contributed by atoms with van der Waals surface area (Å²) in [6.45, 7) is 3.72. The molecule has 2 atom stereocenters. The zero-order valence-electron chi connectivity index (χ0n) is 18.6. The van der Waals surface area contributed by atoms with Gasteiger partial charge in [-0.2, -0.15) is 0 Å². The van der Waals surface area contributed by atoms with Crippen molar-refractivity contribution >= 4 is 23.6 Å². The van der Waals surface area contributed by atoms with Crippen molar-refractivity contribution < 1.29 is 23.9 Å². The molecule has 3 aliphatic heterocycles. The van der Waals surface area contributed by atoms with Crippen LogP contribution in [-0.4, -0.2) is 90.2 Å². The third-order valence-corrected chi connectivity index (χ3v) is 6.78. The van der Waals surface area contributed by atoms with Crippen LogP contribution in [-0.2, 0) is 25.6 Å². The van der Waals surface area contributed by atoms with Crippen LogP contribution in [0.25, 0.3) is 0 Å². The second-order valence-corrected chi connectivity index (χ2v) is 8.73. The Balaban J connectivity index is 1.36. The van der Waals surface area contributed by atoms with Gasteiger partial charge in [-0.25, -0.2) is 0 Å². The number of nitrogens with one attached hydrogen (secondary N) is 1. The number of fused-ring (bicyclic) bond motifs is 1. The van der Waals surface area contributed by atoms with E-state index in [9.17, 15) is 19.2 Å². The molecule has 0 radical (unpaired) electrons. The van der Waals surface area contributed by atoms with E-state index < -0.39 is 12.1 Å². The molecular weight excluding hydrogens is 412 g/mol. The Morgan fingerprint density at radius 2 is 1.72 bits per heavy atom. The number of hydrogen-bond donors (Lipinski definition) is 1. The number of piperidine rings is 1. The normalized spacial score (nSPS) is 24.1. The summed E-state index contributed by atoms with van der Waals surface area (Å²) in [7, 11) is 1.60. The van der Waals surface area contributed by atoms with Gasteiger partial charge in [0.25, 0.3) is 0 Å². The Hall–Kier alpha value is -3.10. The van der Waals surface area contributed by atoms with E-state index in [1.165, 1.54) is 0 Å². The quantitative estimate of drug-likeness (QED) is 0.710. The number of rotatable bonds is 4. The number of nitrogens with zero attached hydrogens (tertiary/aromatic N) is 3. The Morgan fingerprint density at radius 1 is 1.03 bits per heavy atom. The molecule has 1 N–H and O–H groups in total. The minimum atomic E-state index is -0.648. The number of likely N-dealkylation sites (tertiary alicyclic amines) is 1. The van der Waals surface area contributed by atoms with Gasteiger partial charge in [-0.15, -0.1) is 0 Å². The zero-order valence-corrected chi connectivity index (χ0v) is 18.6. The van der Waals surface area contributed by atoms with Crippen LogP contribution in [0.3, 0.4) is 0 Å². The van der Waals surface area contributed by atoms with Gasteiger partial charge in [0.1, 0.15) is 17.8 Å². The predicted molar refractivity (Wildman–Crippen MR) is 116 cm³/mol. The standard InChI is InChI=1S/C23H30N4O5/c1-15(28)25-9-7-17(8-10-25)22(30)26-11-12-27-20(14-26)21(29)24-19(23(27)31)13-16-3-5-18(32-2)6-4-16/h3-6,17,19-20H,7-14H2,1-2H3,(H,24,29). The van der Waals surface area contributed by atoms with Gasteiger partial charge < -0.3 is 24.8 Å². The van der Waals surface area contributed by atoms with E-state index in [1.807, 2.05) is 24.3 Å². The largest absolute Gasteiger partial charge is 0.497 e. The van der Waals surface area contributed by atoms with Gasteiger partial charge in [-0.3, -0.25) is 19.2 Å². The fraction of sp³-hybridized carbons (Fsp3) is 0.565. The van der Waals surface area contributed by atoms with Crippen molar-refractivity contribution in [2.45, 2.75) is 38.3 Å². The molecule has 0 saturated carbocycles. The molecule has 32 heavy (non-hydrogen) atoms. The highest BCUT2D eigenvalue weighted by atomic mass is 16.5. The molecule has 9 nitrogen and oxygen atoms in total. The van der Waals surface area contributed by atoms with Crippen molar-refractivity contribution in [2.75, 3.05) is 39.8 Å². The molecule has 0 spiro atoms. The maximum Gasteiger partial charge on any atom is 0.246 e. The summed E-state index contributed by atoms with van der Waals surface area (Å²) < 4.78 is 5.16. The number of piperazine rings is 2. The van der Waals surface area contributed by atoms with Crippen LogP contribution in [0.1, 0.15) is 25.3 Å². The van der Waals surface area contributed by atoms with Crippen LogP contribution in [0.15, 0.2) is 24.3 Å². The lowest BCUT2D eigenvalue weighted by molar-refractivity contribution is -0.157. The highest BCUT2D eigenvalue weighted by molar-refractivity contribution is 5.98. The van der Waals surface area contributed by atoms with Crippen molar-refractivity contribution in [3.05, 3.63) is 29.8 Å². The molecule has 3 aliphatic rings. The first-order valence-electron chi connectivity index (χ1n) is 11.2. The average Bonchev–Trinajstić information content (AvgIpc) is 2.82. The molecule has 9 heteroatoms. The summed E-state index contributed by atoms with van der Waals surface area (Å²) in [5, 5.41) is 2.86. The summed E-state index contributed by atoms with van der Waals surface area (Å²) in [6, 6.07) is 6.18. The first kappa shape index (κ1) is 22.1. The summed E-state index contributed by atoms with van der Waals surface area (Å²) >= 11 is 0. The predicted octanol–water partition coefficient (Wildman–Crippen LogP) is 0.0340. The summed E-state index contributed by atoms with van der Waals surface area (Å²) in [4.78, 5) is 55.5. The van der Waals surface area contributed by atoms with Gasteiger partial charge in [0.05, 0.1) is 13.7 Å². The van der Waals surface area contributed by atoms with Crippen molar-refractivity contribution in [1.82, 2.24) is 20.0 Å². The molecule has 3 heterocycles. The Labute approximate surface area is 187 Å². The SMILES string of the molecule is COc1ccc(CC2NC(=O)C3CN(C(=O)C4CCN(C(C)=O)CC4)CCN3C2=O)cc1. The number of methoxy groups -OCH3 is 1. The van der Waals surface area contributed by atoms with Crippen LogP contribution in [0.5, 0.6) is 5.75 Å². The van der Waals surface area contributed by atoms with E-state index in [0.29, 0.717) is 45.4 Å². The van der Waals surface area contributed by atoms with Crippen LogP contribution in [0.4, 0.5) is 0 Å². The van der Waals surface area contributed by atoms with Gasteiger partial charge in [0, 0.05) is 45.4 Å². The van der Waals surface area contributed by atoms with Crippen LogP contribution in [0.2, 0.25) is 0 Å². The Kier molecular flexibility index (Phi) is 6.34. The molecule has 2 unspecified atom stereocenters. The van der Waals surface area contributed by atoms with Crippen molar-refractivity contribution in [2.24, 2.45) is 5.92 Å². The number of hydrogen-bond acceptors (Lipinski definition) is 5. The lowest BCUT2D eigenvalue weighted by Crippen LogP contribution is -2.70. The molecule has 4 amide bonds. The molecule has 3 saturated heterocycles. The maximum absolute atomic E-state index is 13.1. The maximum atomic E-state index is 13.1. The van der Waals surface area contributed by atoms with Crippen LogP contribution < -0.4 is 10.1 Å². The summed E-state index contributed by atoms with van der Waals surface area (Å²) in [6.07, 6.45) is 1.69. The van der Waals surface area contributed by atoms with Crippen LogP contribution in [0, 0.1) is 5.92 Å². The van der Waals surface area contributed by atoms with E-state index in [4.69, 9.17) is 4.74 Å². The minimum Gasteiger partial charge on any atom is -0.497 e. The van der Waals surface area contributed by atoms with Gasteiger partial charge in [-0.1, -0.05) is 12.1 Å². The Bertz CT molecular complexity index is 894. The molecule has 1 aromatic rings. The molecule has 1 aromatic carbocycles. The van der Waals surface area contributed by atoms with Crippen molar-refractivity contribution in [3.8, 4) is 5.75 Å². The fourth-order valence-corrected chi connectivity index (χ4v) is 4.84. The topological polar surface area (TPSA) is 99.3 Å². The fourth-order valence-electron chi connectivity index (χ4n) is 4.84. The average molecular weight is 443 g/mol. The number of carbonyl (C=O) groups is 4. The third kappa shape index (κ3) is 4.42. The van der Waals surface area contributed by atoms with E-state index in [0.717, 1.165) is 11.3 Å². The van der Waals surface area contributed by atoms with E-state index in [1.54, 1.807) is 28.7 Å². The van der Waals surface area contributed by atoms with E-state index >= 15 is 0 Å². The highest BCUT2D eigenvalue weighted by Crippen LogP contribution is 2.24. The Morgan fingerprint density at radius 3 is 2.34 bits per heavy atom. The highest BCUT2D eigenvalue weighted by Gasteiger charge is 2.45. The third-order valence-electron chi connectivity index (χ3n) is 6.78. The monoisotopic (exact) mass is 442 g/mol. The first-order valence-corrected chi connectivity index (χ1v) is 11.2. The van der Waals surface area contributed by atoms with Crippen molar-refractivity contribution in [1.29, 1.82) is 0 Å². The number of amides is 4. The molecule has 172 valence electrons. The molecule has 4 rings (SSSR count). The molecule has 0 bridgehead atoms. The lowest BCUT2D eigenvalue weighted by Gasteiger charge is -2.46. The molecule has 0 aliphatic carbocycles. The first-order chi connectivity index (χ1) is 15.4. The molecule has 3 fully saturated rings. The van der Waals surface area contributed by atoms with Gasteiger partial charge >= 0.3 is 0 Å². The molecule has 0 aromatic heterocycles. The van der Waals surface area contributed by atoms with E-state index in [2.05, 4.69) is 5.32 Å². The van der Waals surface area contributed by atoms with Gasteiger partial charge in [-0.05, 0) is 30.5 Å². The van der Waals surface area contributed by atoms with Crippen LogP contribution >= 0.6 is 0 Å².